The molecule has 4 nitrogen and oxygen atoms in total. The highest BCUT2D eigenvalue weighted by Gasteiger charge is 2.13. The summed E-state index contributed by atoms with van der Waals surface area (Å²) in [5, 5.41) is 0. The molecule has 0 saturated heterocycles. The van der Waals surface area contributed by atoms with Crippen LogP contribution in [0.2, 0.25) is 0 Å². The van der Waals surface area contributed by atoms with Gasteiger partial charge < -0.3 is 4.74 Å². The quantitative estimate of drug-likeness (QED) is 0.671. The van der Waals surface area contributed by atoms with Crippen LogP contribution >= 0.6 is 27.3 Å². The molecule has 0 spiro atoms. The Morgan fingerprint density at radius 1 is 1.42 bits per heavy atom. The summed E-state index contributed by atoms with van der Waals surface area (Å²) < 4.78 is 7.54. The van der Waals surface area contributed by atoms with Crippen LogP contribution in [0.5, 0.6) is 0 Å². The van der Waals surface area contributed by atoms with E-state index in [1.54, 1.807) is 6.20 Å². The first kappa shape index (κ1) is 12.4. The Bertz CT molecular complexity index is 731. The van der Waals surface area contributed by atoms with Gasteiger partial charge in [-0.2, -0.15) is 0 Å². The van der Waals surface area contributed by atoms with E-state index in [1.165, 1.54) is 18.4 Å². The Kier molecular flexibility index (Phi) is 3.12. The van der Waals surface area contributed by atoms with Crippen LogP contribution in [-0.2, 0) is 4.74 Å². The number of hydrogen-bond acceptors (Lipinski definition) is 4. The zero-order valence-electron chi connectivity index (χ0n) is 9.96. The van der Waals surface area contributed by atoms with E-state index in [4.69, 9.17) is 0 Å². The predicted molar refractivity (Wildman–Crippen MR) is 77.5 cm³/mol. The number of thiazole rings is 1. The number of rotatable bonds is 2. The van der Waals surface area contributed by atoms with Crippen LogP contribution in [0.15, 0.2) is 41.1 Å². The third-order valence-electron chi connectivity index (χ3n) is 2.66. The molecule has 0 amide bonds. The van der Waals surface area contributed by atoms with Gasteiger partial charge in [0.25, 0.3) is 0 Å². The van der Waals surface area contributed by atoms with E-state index < -0.39 is 0 Å². The number of carbonyl (C=O) groups is 1. The summed E-state index contributed by atoms with van der Waals surface area (Å²) in [5.41, 5.74) is 1.91. The molecule has 0 fully saturated rings. The van der Waals surface area contributed by atoms with E-state index in [9.17, 15) is 4.79 Å². The molecule has 3 aromatic rings. The Morgan fingerprint density at radius 3 is 2.95 bits per heavy atom. The van der Waals surface area contributed by atoms with Crippen molar-refractivity contribution in [2.24, 2.45) is 0 Å². The SMILES string of the molecule is COC(=O)c1cn2cc(-c3cccc(Br)c3)nc2s1. The number of aromatic nitrogens is 2. The maximum Gasteiger partial charge on any atom is 0.349 e. The highest BCUT2D eigenvalue weighted by atomic mass is 79.9. The molecule has 2 heterocycles. The summed E-state index contributed by atoms with van der Waals surface area (Å²) >= 11 is 4.76. The van der Waals surface area contributed by atoms with Crippen molar-refractivity contribution in [1.82, 2.24) is 9.38 Å². The minimum atomic E-state index is -0.334. The molecule has 6 heteroatoms. The molecule has 0 N–H and O–H groups in total. The number of nitrogens with zero attached hydrogens (tertiary/aromatic N) is 2. The number of fused-ring (bicyclic) bond motifs is 1. The topological polar surface area (TPSA) is 43.6 Å². The highest BCUT2D eigenvalue weighted by molar-refractivity contribution is 9.10. The van der Waals surface area contributed by atoms with Crippen molar-refractivity contribution in [3.05, 3.63) is 46.0 Å². The molecule has 0 bridgehead atoms. The summed E-state index contributed by atoms with van der Waals surface area (Å²) in [6.07, 6.45) is 3.64. The van der Waals surface area contributed by atoms with Gasteiger partial charge in [0.2, 0.25) is 0 Å². The zero-order valence-corrected chi connectivity index (χ0v) is 12.4. The lowest BCUT2D eigenvalue weighted by molar-refractivity contribution is 0.0606. The molecule has 0 unspecified atom stereocenters. The van der Waals surface area contributed by atoms with Crippen molar-refractivity contribution in [2.75, 3.05) is 7.11 Å². The first-order valence-corrected chi connectivity index (χ1v) is 7.11. The summed E-state index contributed by atoms with van der Waals surface area (Å²) in [6.45, 7) is 0. The van der Waals surface area contributed by atoms with Crippen LogP contribution in [0.25, 0.3) is 16.2 Å². The molecule has 0 aliphatic rings. The van der Waals surface area contributed by atoms with Crippen LogP contribution < -0.4 is 0 Å². The number of hydrogen-bond donors (Lipinski definition) is 0. The molecule has 0 atom stereocenters. The van der Waals surface area contributed by atoms with Gasteiger partial charge in [-0.25, -0.2) is 9.78 Å². The van der Waals surface area contributed by atoms with E-state index in [2.05, 4.69) is 25.7 Å². The number of ether oxygens (including phenoxy) is 1. The fourth-order valence-electron chi connectivity index (χ4n) is 1.78. The van der Waals surface area contributed by atoms with Crippen molar-refractivity contribution in [3.8, 4) is 11.3 Å². The maximum atomic E-state index is 11.4. The second-order valence-electron chi connectivity index (χ2n) is 3.91. The first-order chi connectivity index (χ1) is 9.17. The molecule has 2 aromatic heterocycles. The van der Waals surface area contributed by atoms with Gasteiger partial charge in [-0.1, -0.05) is 39.4 Å². The van der Waals surface area contributed by atoms with Gasteiger partial charge >= 0.3 is 5.97 Å². The predicted octanol–water partition coefficient (Wildman–Crippen LogP) is 3.61. The van der Waals surface area contributed by atoms with Crippen LogP contribution in [0, 0.1) is 0 Å². The average Bonchev–Trinajstić information content (AvgIpc) is 2.95. The number of esters is 1. The zero-order chi connectivity index (χ0) is 13.4. The van der Waals surface area contributed by atoms with Gasteiger partial charge in [0.05, 0.1) is 12.8 Å². The normalized spacial score (nSPS) is 10.8. The Morgan fingerprint density at radius 2 is 2.26 bits per heavy atom. The maximum absolute atomic E-state index is 11.4. The van der Waals surface area contributed by atoms with Gasteiger partial charge in [0, 0.05) is 22.4 Å². The van der Waals surface area contributed by atoms with Crippen LogP contribution in [-0.4, -0.2) is 22.5 Å². The molecule has 0 saturated carbocycles. The van der Waals surface area contributed by atoms with Crippen molar-refractivity contribution < 1.29 is 9.53 Å². The average molecular weight is 337 g/mol. The molecular weight excluding hydrogens is 328 g/mol. The highest BCUT2D eigenvalue weighted by Crippen LogP contribution is 2.26. The lowest BCUT2D eigenvalue weighted by Gasteiger charge is -1.96. The molecular formula is C13H9BrN2O2S. The van der Waals surface area contributed by atoms with E-state index in [1.807, 2.05) is 34.9 Å². The van der Waals surface area contributed by atoms with E-state index in [-0.39, 0.29) is 5.97 Å². The Balaban J connectivity index is 2.04. The van der Waals surface area contributed by atoms with Gasteiger partial charge in [-0.05, 0) is 12.1 Å². The van der Waals surface area contributed by atoms with Gasteiger partial charge in [0.15, 0.2) is 4.96 Å². The monoisotopic (exact) mass is 336 g/mol. The first-order valence-electron chi connectivity index (χ1n) is 5.50. The standard InChI is InChI=1S/C13H9BrN2O2S/c1-18-12(17)11-7-16-6-10(15-13(16)19-11)8-3-2-4-9(14)5-8/h2-7H,1H3. The van der Waals surface area contributed by atoms with Crippen molar-refractivity contribution in [2.45, 2.75) is 0 Å². The summed E-state index contributed by atoms with van der Waals surface area (Å²) in [7, 11) is 1.37. The Hall–Kier alpha value is -1.66. The smallest absolute Gasteiger partial charge is 0.349 e. The Labute approximate surface area is 121 Å². The molecule has 19 heavy (non-hydrogen) atoms. The number of halogens is 1. The second-order valence-corrected chi connectivity index (χ2v) is 5.84. The van der Waals surface area contributed by atoms with Gasteiger partial charge in [-0.3, -0.25) is 4.40 Å². The summed E-state index contributed by atoms with van der Waals surface area (Å²) in [4.78, 5) is 17.3. The van der Waals surface area contributed by atoms with E-state index in [0.29, 0.717) is 4.88 Å². The lowest BCUT2D eigenvalue weighted by atomic mass is 10.2. The van der Waals surface area contributed by atoms with Crippen LogP contribution in [0.1, 0.15) is 9.67 Å². The number of benzene rings is 1. The molecule has 0 aliphatic carbocycles. The fourth-order valence-corrected chi connectivity index (χ4v) is 3.06. The molecule has 3 rings (SSSR count). The van der Waals surface area contributed by atoms with E-state index >= 15 is 0 Å². The third-order valence-corrected chi connectivity index (χ3v) is 4.13. The minimum Gasteiger partial charge on any atom is -0.465 e. The molecule has 96 valence electrons. The van der Waals surface area contributed by atoms with Gasteiger partial charge in [0.1, 0.15) is 4.88 Å². The summed E-state index contributed by atoms with van der Waals surface area (Å²) in [6, 6.07) is 7.94. The molecule has 0 aliphatic heterocycles. The van der Waals surface area contributed by atoms with Gasteiger partial charge in [-0.15, -0.1) is 0 Å². The largest absolute Gasteiger partial charge is 0.465 e. The number of carbonyl (C=O) groups excluding carboxylic acids is 1. The molecule has 0 radical (unpaired) electrons. The van der Waals surface area contributed by atoms with Crippen LogP contribution in [0.4, 0.5) is 0 Å². The minimum absolute atomic E-state index is 0.334. The lowest BCUT2D eigenvalue weighted by Crippen LogP contribution is -1.97. The summed E-state index contributed by atoms with van der Waals surface area (Å²) in [5.74, 6) is -0.334. The van der Waals surface area contributed by atoms with Crippen molar-refractivity contribution in [3.63, 3.8) is 0 Å². The van der Waals surface area contributed by atoms with E-state index in [0.717, 1.165) is 20.7 Å². The number of methoxy groups -OCH3 is 1. The van der Waals surface area contributed by atoms with Crippen molar-refractivity contribution >= 4 is 38.2 Å². The molecule has 1 aromatic carbocycles. The number of imidazole rings is 1. The second kappa shape index (κ2) is 4.79. The van der Waals surface area contributed by atoms with Crippen molar-refractivity contribution in [1.29, 1.82) is 0 Å². The fraction of sp³-hybridized carbons (Fsp3) is 0.0769. The van der Waals surface area contributed by atoms with Crippen LogP contribution in [0.3, 0.4) is 0 Å². The third kappa shape index (κ3) is 2.29.